The second kappa shape index (κ2) is 7.36. The van der Waals surface area contributed by atoms with Gasteiger partial charge in [-0.1, -0.05) is 11.6 Å². The van der Waals surface area contributed by atoms with E-state index in [9.17, 15) is 0 Å². The number of benzene rings is 1. The smallest absolute Gasteiger partial charge is 0.217 e. The SMILES string of the molecule is CCOC(=N)c1ccc(Cl)cc1OCC.Cl. The summed E-state index contributed by atoms with van der Waals surface area (Å²) in [6, 6.07) is 5.13. The predicted octanol–water partition coefficient (Wildman–Crippen LogP) is 3.52. The average molecular weight is 264 g/mol. The number of halogens is 2. The van der Waals surface area contributed by atoms with E-state index in [0.29, 0.717) is 29.5 Å². The Kier molecular flexibility index (Phi) is 6.93. The molecule has 0 spiro atoms. The van der Waals surface area contributed by atoms with Crippen LogP contribution in [0.1, 0.15) is 19.4 Å². The van der Waals surface area contributed by atoms with Crippen LogP contribution in [-0.2, 0) is 4.74 Å². The molecule has 3 nitrogen and oxygen atoms in total. The molecular formula is C11H15Cl2NO2. The Morgan fingerprint density at radius 3 is 2.56 bits per heavy atom. The minimum Gasteiger partial charge on any atom is -0.493 e. The van der Waals surface area contributed by atoms with Gasteiger partial charge in [-0.2, -0.15) is 0 Å². The Labute approximate surface area is 107 Å². The molecule has 1 rings (SSSR count). The molecule has 0 aliphatic heterocycles. The predicted molar refractivity (Wildman–Crippen MR) is 68.3 cm³/mol. The molecule has 1 aromatic carbocycles. The fourth-order valence-corrected chi connectivity index (χ4v) is 1.34. The van der Waals surface area contributed by atoms with Crippen LogP contribution in [0, 0.1) is 5.41 Å². The van der Waals surface area contributed by atoms with Gasteiger partial charge in [0.2, 0.25) is 5.90 Å². The van der Waals surface area contributed by atoms with Gasteiger partial charge in [0.1, 0.15) is 5.75 Å². The van der Waals surface area contributed by atoms with E-state index in [4.69, 9.17) is 26.5 Å². The van der Waals surface area contributed by atoms with E-state index in [1.165, 1.54) is 0 Å². The zero-order chi connectivity index (χ0) is 11.3. The molecule has 0 fully saturated rings. The fraction of sp³-hybridized carbons (Fsp3) is 0.364. The first kappa shape index (κ1) is 15.1. The molecule has 90 valence electrons. The minimum absolute atomic E-state index is 0. The van der Waals surface area contributed by atoms with Crippen LogP contribution in [0.15, 0.2) is 18.2 Å². The molecule has 1 aromatic rings. The first-order valence-corrected chi connectivity index (χ1v) is 5.20. The molecule has 0 heterocycles. The van der Waals surface area contributed by atoms with E-state index in [1.54, 1.807) is 18.2 Å². The largest absolute Gasteiger partial charge is 0.493 e. The third-order valence-electron chi connectivity index (χ3n) is 1.78. The molecule has 5 heteroatoms. The molecule has 0 atom stereocenters. The highest BCUT2D eigenvalue weighted by molar-refractivity contribution is 6.30. The molecular weight excluding hydrogens is 249 g/mol. The third kappa shape index (κ3) is 3.91. The van der Waals surface area contributed by atoms with Gasteiger partial charge in [-0.25, -0.2) is 0 Å². The average Bonchev–Trinajstić information content (AvgIpc) is 2.18. The lowest BCUT2D eigenvalue weighted by Gasteiger charge is -2.11. The lowest BCUT2D eigenvalue weighted by atomic mass is 10.2. The molecule has 0 aliphatic carbocycles. The molecule has 0 aromatic heterocycles. The van der Waals surface area contributed by atoms with E-state index in [1.807, 2.05) is 13.8 Å². The molecule has 0 unspecified atom stereocenters. The van der Waals surface area contributed by atoms with Gasteiger partial charge in [0.05, 0.1) is 18.8 Å². The molecule has 1 N–H and O–H groups in total. The van der Waals surface area contributed by atoms with Crippen molar-refractivity contribution in [2.45, 2.75) is 13.8 Å². The summed E-state index contributed by atoms with van der Waals surface area (Å²) in [5, 5.41) is 8.26. The summed E-state index contributed by atoms with van der Waals surface area (Å²) in [5.74, 6) is 0.695. The van der Waals surface area contributed by atoms with Gasteiger partial charge < -0.3 is 9.47 Å². The monoisotopic (exact) mass is 263 g/mol. The highest BCUT2D eigenvalue weighted by atomic mass is 35.5. The zero-order valence-corrected chi connectivity index (χ0v) is 10.8. The zero-order valence-electron chi connectivity index (χ0n) is 9.25. The standard InChI is InChI=1S/C11H14ClNO2.ClH/c1-3-14-10-7-8(12)5-6-9(10)11(13)15-4-2;/h5-7,13H,3-4H2,1-2H3;1H. The van der Waals surface area contributed by atoms with Crippen molar-refractivity contribution < 1.29 is 9.47 Å². The Hall–Kier alpha value is -0.930. The van der Waals surface area contributed by atoms with Crippen molar-refractivity contribution in [2.75, 3.05) is 13.2 Å². The fourth-order valence-electron chi connectivity index (χ4n) is 1.18. The van der Waals surface area contributed by atoms with Crippen LogP contribution in [-0.4, -0.2) is 19.1 Å². The number of hydrogen-bond donors (Lipinski definition) is 1. The number of rotatable bonds is 4. The maximum atomic E-state index is 7.67. The van der Waals surface area contributed by atoms with Crippen LogP contribution in [0.4, 0.5) is 0 Å². The van der Waals surface area contributed by atoms with Crippen LogP contribution in [0.3, 0.4) is 0 Å². The maximum absolute atomic E-state index is 7.67. The molecule has 16 heavy (non-hydrogen) atoms. The van der Waals surface area contributed by atoms with Crippen LogP contribution in [0.25, 0.3) is 0 Å². The van der Waals surface area contributed by atoms with Gasteiger partial charge >= 0.3 is 0 Å². The van der Waals surface area contributed by atoms with Gasteiger partial charge in [-0.3, -0.25) is 5.41 Å². The van der Waals surface area contributed by atoms with Gasteiger partial charge in [0, 0.05) is 5.02 Å². The maximum Gasteiger partial charge on any atom is 0.217 e. The second-order valence-corrected chi connectivity index (χ2v) is 3.27. The topological polar surface area (TPSA) is 42.3 Å². The highest BCUT2D eigenvalue weighted by Gasteiger charge is 2.10. The van der Waals surface area contributed by atoms with Crippen molar-refractivity contribution in [3.05, 3.63) is 28.8 Å². The van der Waals surface area contributed by atoms with Crippen molar-refractivity contribution in [1.29, 1.82) is 5.41 Å². The first-order chi connectivity index (χ1) is 7.19. The summed E-state index contributed by atoms with van der Waals surface area (Å²) >= 11 is 5.84. The summed E-state index contributed by atoms with van der Waals surface area (Å²) in [5.41, 5.74) is 0.628. The Morgan fingerprint density at radius 2 is 2.00 bits per heavy atom. The van der Waals surface area contributed by atoms with Gasteiger partial charge in [-0.15, -0.1) is 12.4 Å². The first-order valence-electron chi connectivity index (χ1n) is 4.83. The normalized spacial score (nSPS) is 9.19. The van der Waals surface area contributed by atoms with Crippen molar-refractivity contribution >= 4 is 29.9 Å². The molecule has 0 saturated carbocycles. The second-order valence-electron chi connectivity index (χ2n) is 2.84. The molecule has 0 radical (unpaired) electrons. The van der Waals surface area contributed by atoms with Crippen molar-refractivity contribution in [1.82, 2.24) is 0 Å². The lowest BCUT2D eigenvalue weighted by Crippen LogP contribution is -2.07. The minimum atomic E-state index is 0. The molecule has 0 amide bonds. The summed E-state index contributed by atoms with van der Waals surface area (Å²) < 4.78 is 10.5. The number of ether oxygens (including phenoxy) is 2. The quantitative estimate of drug-likeness (QED) is 0.667. The number of hydrogen-bond acceptors (Lipinski definition) is 3. The third-order valence-corrected chi connectivity index (χ3v) is 2.01. The lowest BCUT2D eigenvalue weighted by molar-refractivity contribution is 0.315. The summed E-state index contributed by atoms with van der Waals surface area (Å²) in [6.07, 6.45) is 0. The summed E-state index contributed by atoms with van der Waals surface area (Å²) in [4.78, 5) is 0. The van der Waals surface area contributed by atoms with Crippen molar-refractivity contribution in [3.8, 4) is 5.75 Å². The van der Waals surface area contributed by atoms with E-state index in [2.05, 4.69) is 0 Å². The van der Waals surface area contributed by atoms with Crippen LogP contribution >= 0.6 is 24.0 Å². The van der Waals surface area contributed by atoms with E-state index in [0.717, 1.165) is 0 Å². The van der Waals surface area contributed by atoms with Crippen LogP contribution in [0.2, 0.25) is 5.02 Å². The van der Waals surface area contributed by atoms with Crippen LogP contribution in [0.5, 0.6) is 5.75 Å². The number of nitrogens with one attached hydrogen (secondary N) is 1. The van der Waals surface area contributed by atoms with E-state index >= 15 is 0 Å². The van der Waals surface area contributed by atoms with Crippen molar-refractivity contribution in [3.63, 3.8) is 0 Å². The van der Waals surface area contributed by atoms with Crippen molar-refractivity contribution in [2.24, 2.45) is 0 Å². The summed E-state index contributed by atoms with van der Waals surface area (Å²) in [6.45, 7) is 4.72. The van der Waals surface area contributed by atoms with E-state index < -0.39 is 0 Å². The Balaban J connectivity index is 0.00000225. The van der Waals surface area contributed by atoms with Gasteiger partial charge in [-0.05, 0) is 32.0 Å². The molecule has 0 aliphatic rings. The highest BCUT2D eigenvalue weighted by Crippen LogP contribution is 2.24. The Bertz CT molecular complexity index is 356. The molecule has 0 saturated heterocycles. The summed E-state index contributed by atoms with van der Waals surface area (Å²) in [7, 11) is 0. The molecule has 0 bridgehead atoms. The Morgan fingerprint density at radius 1 is 1.31 bits per heavy atom. The van der Waals surface area contributed by atoms with Gasteiger partial charge in [0.15, 0.2) is 0 Å². The van der Waals surface area contributed by atoms with Crippen LogP contribution < -0.4 is 4.74 Å². The van der Waals surface area contributed by atoms with E-state index in [-0.39, 0.29) is 18.3 Å². The van der Waals surface area contributed by atoms with Gasteiger partial charge in [0.25, 0.3) is 0 Å².